The Bertz CT molecular complexity index is 873. The minimum absolute atomic E-state index is 0.156. The van der Waals surface area contributed by atoms with Crippen LogP contribution in [0.4, 0.5) is 0 Å². The van der Waals surface area contributed by atoms with Gasteiger partial charge in [-0.15, -0.1) is 0 Å². The van der Waals surface area contributed by atoms with E-state index in [-0.39, 0.29) is 18.7 Å². The number of benzene rings is 2. The zero-order valence-electron chi connectivity index (χ0n) is 16.3. The third kappa shape index (κ3) is 6.80. The Labute approximate surface area is 174 Å². The van der Waals surface area contributed by atoms with E-state index in [4.69, 9.17) is 22.1 Å². The van der Waals surface area contributed by atoms with E-state index in [2.05, 4.69) is 10.6 Å². The fraction of sp³-hybridized carbons (Fsp3) is 0.286. The van der Waals surface area contributed by atoms with Gasteiger partial charge in [0.25, 0.3) is 0 Å². The summed E-state index contributed by atoms with van der Waals surface area (Å²) < 4.78 is 5.11. The summed E-state index contributed by atoms with van der Waals surface area (Å²) in [5.41, 5.74) is 7.06. The molecule has 3 amide bonds. The van der Waals surface area contributed by atoms with Crippen LogP contribution < -0.4 is 21.1 Å². The summed E-state index contributed by atoms with van der Waals surface area (Å²) in [4.78, 5) is 36.2. The highest BCUT2D eigenvalue weighted by Crippen LogP contribution is 2.25. The normalized spacial score (nSPS) is 12.5. The molecule has 0 radical (unpaired) electrons. The van der Waals surface area contributed by atoms with Gasteiger partial charge in [-0.2, -0.15) is 0 Å². The quantitative estimate of drug-likeness (QED) is 0.575. The van der Waals surface area contributed by atoms with E-state index in [1.807, 2.05) is 30.3 Å². The Hall–Kier alpha value is -3.06. The highest BCUT2D eigenvalue weighted by atomic mass is 35.5. The molecule has 0 spiro atoms. The number of amides is 3. The Morgan fingerprint density at radius 3 is 2.21 bits per heavy atom. The fourth-order valence-electron chi connectivity index (χ4n) is 2.87. The third-order valence-corrected chi connectivity index (χ3v) is 4.59. The SMILES string of the molecule is COc1ccc(C[C@H](NC(=O)[C@@H](Cc2ccccc2)NC(C)=O)C(N)=O)cc1Cl. The van der Waals surface area contributed by atoms with Gasteiger partial charge in [0.05, 0.1) is 12.1 Å². The standard InChI is InChI=1S/C21H24ClN3O4/c1-13(26)24-18(11-14-6-4-3-5-7-14)21(28)25-17(20(23)27)12-15-8-9-19(29-2)16(22)10-15/h3-10,17-18H,11-12H2,1-2H3,(H2,23,27)(H,24,26)(H,25,28)/t17-,18+/m0/s1. The molecule has 0 aliphatic carbocycles. The van der Waals surface area contributed by atoms with E-state index in [1.165, 1.54) is 14.0 Å². The van der Waals surface area contributed by atoms with Crippen LogP contribution >= 0.6 is 11.6 Å². The zero-order valence-corrected chi connectivity index (χ0v) is 17.0. The highest BCUT2D eigenvalue weighted by Gasteiger charge is 2.25. The van der Waals surface area contributed by atoms with Gasteiger partial charge in [-0.3, -0.25) is 14.4 Å². The molecule has 154 valence electrons. The summed E-state index contributed by atoms with van der Waals surface area (Å²) in [7, 11) is 1.50. The van der Waals surface area contributed by atoms with Gasteiger partial charge in [0, 0.05) is 19.8 Å². The van der Waals surface area contributed by atoms with Crippen molar-refractivity contribution in [3.63, 3.8) is 0 Å². The number of rotatable bonds is 9. The molecule has 2 aromatic carbocycles. The van der Waals surface area contributed by atoms with Crippen LogP contribution in [0.15, 0.2) is 48.5 Å². The molecule has 4 N–H and O–H groups in total. The monoisotopic (exact) mass is 417 g/mol. The largest absolute Gasteiger partial charge is 0.495 e. The summed E-state index contributed by atoms with van der Waals surface area (Å²) in [5.74, 6) is -1.03. The van der Waals surface area contributed by atoms with Crippen LogP contribution in [-0.4, -0.2) is 36.9 Å². The van der Waals surface area contributed by atoms with Crippen molar-refractivity contribution in [1.82, 2.24) is 10.6 Å². The van der Waals surface area contributed by atoms with E-state index in [9.17, 15) is 14.4 Å². The number of carbonyl (C=O) groups excluding carboxylic acids is 3. The van der Waals surface area contributed by atoms with Crippen LogP contribution in [0.1, 0.15) is 18.1 Å². The van der Waals surface area contributed by atoms with E-state index in [0.29, 0.717) is 16.3 Å². The van der Waals surface area contributed by atoms with Crippen molar-refractivity contribution in [2.45, 2.75) is 31.8 Å². The van der Waals surface area contributed by atoms with Crippen molar-refractivity contribution < 1.29 is 19.1 Å². The number of carbonyl (C=O) groups is 3. The van der Waals surface area contributed by atoms with Gasteiger partial charge >= 0.3 is 0 Å². The lowest BCUT2D eigenvalue weighted by Crippen LogP contribution is -2.54. The first-order chi connectivity index (χ1) is 13.8. The van der Waals surface area contributed by atoms with Gasteiger partial charge in [-0.05, 0) is 23.3 Å². The van der Waals surface area contributed by atoms with Crippen molar-refractivity contribution >= 4 is 29.3 Å². The second-order valence-electron chi connectivity index (χ2n) is 6.58. The molecular weight excluding hydrogens is 394 g/mol. The number of nitrogens with two attached hydrogens (primary N) is 1. The molecular formula is C21H24ClN3O4. The van der Waals surface area contributed by atoms with Crippen LogP contribution in [0.2, 0.25) is 5.02 Å². The summed E-state index contributed by atoms with van der Waals surface area (Å²) in [6, 6.07) is 12.5. The lowest BCUT2D eigenvalue weighted by molar-refractivity contribution is -0.130. The number of hydrogen-bond acceptors (Lipinski definition) is 4. The van der Waals surface area contributed by atoms with E-state index >= 15 is 0 Å². The summed E-state index contributed by atoms with van der Waals surface area (Å²) >= 11 is 6.12. The number of hydrogen-bond donors (Lipinski definition) is 3. The maximum atomic E-state index is 12.8. The molecule has 29 heavy (non-hydrogen) atoms. The number of ether oxygens (including phenoxy) is 1. The Morgan fingerprint density at radius 2 is 1.66 bits per heavy atom. The average Bonchev–Trinajstić information content (AvgIpc) is 2.67. The predicted molar refractivity (Wildman–Crippen MR) is 111 cm³/mol. The lowest BCUT2D eigenvalue weighted by Gasteiger charge is -2.22. The number of nitrogens with one attached hydrogen (secondary N) is 2. The molecule has 0 aromatic heterocycles. The predicted octanol–water partition coefficient (Wildman–Crippen LogP) is 1.61. The molecule has 0 bridgehead atoms. The van der Waals surface area contributed by atoms with Crippen molar-refractivity contribution in [2.24, 2.45) is 5.73 Å². The fourth-order valence-corrected chi connectivity index (χ4v) is 3.15. The van der Waals surface area contributed by atoms with Crippen molar-refractivity contribution in [3.8, 4) is 5.75 Å². The second-order valence-corrected chi connectivity index (χ2v) is 6.99. The van der Waals surface area contributed by atoms with Gasteiger partial charge in [0.15, 0.2) is 0 Å². The maximum absolute atomic E-state index is 12.8. The maximum Gasteiger partial charge on any atom is 0.243 e. The van der Waals surface area contributed by atoms with E-state index in [0.717, 1.165) is 5.56 Å². The Morgan fingerprint density at radius 1 is 1.00 bits per heavy atom. The molecule has 2 aromatic rings. The van der Waals surface area contributed by atoms with E-state index in [1.54, 1.807) is 18.2 Å². The summed E-state index contributed by atoms with van der Waals surface area (Å²) in [6.45, 7) is 1.33. The molecule has 0 aliphatic rings. The minimum atomic E-state index is -0.959. The van der Waals surface area contributed by atoms with Crippen LogP contribution in [0.5, 0.6) is 5.75 Å². The number of methoxy groups -OCH3 is 1. The molecule has 0 saturated heterocycles. The second kappa shape index (κ2) is 10.5. The van der Waals surface area contributed by atoms with Crippen LogP contribution in [-0.2, 0) is 27.2 Å². The van der Waals surface area contributed by atoms with Gasteiger partial charge in [-0.25, -0.2) is 0 Å². The van der Waals surface area contributed by atoms with Crippen molar-refractivity contribution in [3.05, 3.63) is 64.7 Å². The number of halogens is 1. The van der Waals surface area contributed by atoms with Crippen LogP contribution in [0, 0.1) is 0 Å². The molecule has 0 fully saturated rings. The first-order valence-electron chi connectivity index (χ1n) is 9.03. The lowest BCUT2D eigenvalue weighted by atomic mass is 10.0. The van der Waals surface area contributed by atoms with Gasteiger partial charge < -0.3 is 21.1 Å². The van der Waals surface area contributed by atoms with Crippen molar-refractivity contribution in [1.29, 1.82) is 0 Å². The van der Waals surface area contributed by atoms with Gasteiger partial charge in [-0.1, -0.05) is 48.0 Å². The molecule has 2 rings (SSSR count). The topological polar surface area (TPSA) is 111 Å². The molecule has 0 saturated carbocycles. The minimum Gasteiger partial charge on any atom is -0.495 e. The molecule has 2 atom stereocenters. The average molecular weight is 418 g/mol. The molecule has 8 heteroatoms. The van der Waals surface area contributed by atoms with Crippen LogP contribution in [0.25, 0.3) is 0 Å². The van der Waals surface area contributed by atoms with Gasteiger partial charge in [0.2, 0.25) is 17.7 Å². The van der Waals surface area contributed by atoms with E-state index < -0.39 is 23.9 Å². The number of primary amides is 1. The van der Waals surface area contributed by atoms with Crippen molar-refractivity contribution in [2.75, 3.05) is 7.11 Å². The molecule has 0 aliphatic heterocycles. The third-order valence-electron chi connectivity index (χ3n) is 4.29. The molecule has 0 heterocycles. The molecule has 7 nitrogen and oxygen atoms in total. The first-order valence-corrected chi connectivity index (χ1v) is 9.41. The smallest absolute Gasteiger partial charge is 0.243 e. The summed E-state index contributed by atoms with van der Waals surface area (Å²) in [6.07, 6.45) is 0.439. The Kier molecular flexibility index (Phi) is 8.03. The summed E-state index contributed by atoms with van der Waals surface area (Å²) in [5, 5.41) is 5.64. The molecule has 0 unspecified atom stereocenters. The zero-order chi connectivity index (χ0) is 21.4. The van der Waals surface area contributed by atoms with Gasteiger partial charge in [0.1, 0.15) is 17.8 Å². The van der Waals surface area contributed by atoms with Crippen LogP contribution in [0.3, 0.4) is 0 Å². The first kappa shape index (κ1) is 22.2. The Balaban J connectivity index is 2.13. The highest BCUT2D eigenvalue weighted by molar-refractivity contribution is 6.32.